The van der Waals surface area contributed by atoms with Crippen LogP contribution in [0.5, 0.6) is 5.75 Å². The van der Waals surface area contributed by atoms with Crippen LogP contribution in [0, 0.1) is 0 Å². The number of hydrogen-bond acceptors (Lipinski definition) is 5. The van der Waals surface area contributed by atoms with Crippen molar-refractivity contribution in [1.29, 1.82) is 0 Å². The second-order valence-electron chi connectivity index (χ2n) is 5.15. The van der Waals surface area contributed by atoms with Gasteiger partial charge in [-0.25, -0.2) is 9.59 Å². The fourth-order valence-corrected chi connectivity index (χ4v) is 1.67. The predicted octanol–water partition coefficient (Wildman–Crippen LogP) is 2.27. The van der Waals surface area contributed by atoms with E-state index in [-0.39, 0.29) is 6.04 Å². The molecule has 0 bridgehead atoms. The zero-order valence-corrected chi connectivity index (χ0v) is 14.6. The molecule has 0 saturated carbocycles. The number of benzene rings is 1. The molecule has 0 aliphatic heterocycles. The van der Waals surface area contributed by atoms with Gasteiger partial charge in [0.2, 0.25) is 0 Å². The minimum atomic E-state index is -0.909. The molecular formula is C16H21ClN2O5. The summed E-state index contributed by atoms with van der Waals surface area (Å²) in [6, 6.07) is 5.77. The van der Waals surface area contributed by atoms with Crippen molar-refractivity contribution in [2.45, 2.75) is 39.3 Å². The highest BCUT2D eigenvalue weighted by molar-refractivity contribution is 6.30. The number of rotatable bonds is 7. The lowest BCUT2D eigenvalue weighted by Crippen LogP contribution is -2.45. The summed E-state index contributed by atoms with van der Waals surface area (Å²) >= 11 is 5.75. The van der Waals surface area contributed by atoms with Crippen molar-refractivity contribution in [3.63, 3.8) is 0 Å². The molecule has 1 aromatic carbocycles. The Kier molecular flexibility index (Phi) is 8.05. The molecule has 0 aromatic heterocycles. The minimum Gasteiger partial charge on any atom is -0.479 e. The topological polar surface area (TPSA) is 93.7 Å². The lowest BCUT2D eigenvalue weighted by molar-refractivity contribution is -0.154. The van der Waals surface area contributed by atoms with Crippen molar-refractivity contribution < 1.29 is 23.9 Å². The molecule has 7 nitrogen and oxygen atoms in total. The number of esters is 1. The molecule has 0 spiro atoms. The molecule has 8 heteroatoms. The Bertz CT molecular complexity index is 576. The summed E-state index contributed by atoms with van der Waals surface area (Å²) in [5.41, 5.74) is 0. The maximum atomic E-state index is 11.8. The maximum absolute atomic E-state index is 11.8. The van der Waals surface area contributed by atoms with E-state index in [1.807, 2.05) is 6.92 Å². The molecule has 0 aliphatic rings. The molecular weight excluding hydrogens is 336 g/mol. The van der Waals surface area contributed by atoms with Gasteiger partial charge in [-0.15, -0.1) is 0 Å². The molecule has 24 heavy (non-hydrogen) atoms. The third-order valence-electron chi connectivity index (χ3n) is 3.05. The molecule has 3 amide bonds. The Morgan fingerprint density at radius 2 is 1.79 bits per heavy atom. The SMILES string of the molecule is CC[C@H](C)NC(=O)NC(=O)COC(=O)[C@H](C)Oc1ccc(Cl)cc1. The Labute approximate surface area is 145 Å². The van der Waals surface area contributed by atoms with Gasteiger partial charge in [0.15, 0.2) is 12.7 Å². The molecule has 1 rings (SSSR count). The largest absolute Gasteiger partial charge is 0.479 e. The molecule has 0 saturated heterocycles. The van der Waals surface area contributed by atoms with Crippen LogP contribution in [-0.4, -0.2) is 36.7 Å². The second kappa shape index (κ2) is 9.77. The summed E-state index contributed by atoms with van der Waals surface area (Å²) in [5, 5.41) is 5.18. The van der Waals surface area contributed by atoms with E-state index in [2.05, 4.69) is 10.6 Å². The monoisotopic (exact) mass is 356 g/mol. The number of carbonyl (C=O) groups is 3. The van der Waals surface area contributed by atoms with Crippen LogP contribution in [0.15, 0.2) is 24.3 Å². The Hall–Kier alpha value is -2.28. The summed E-state index contributed by atoms with van der Waals surface area (Å²) in [5.74, 6) is -0.994. The minimum absolute atomic E-state index is 0.0619. The average Bonchev–Trinajstić information content (AvgIpc) is 2.54. The van der Waals surface area contributed by atoms with Crippen molar-refractivity contribution in [1.82, 2.24) is 10.6 Å². The summed E-state index contributed by atoms with van der Waals surface area (Å²) in [6.07, 6.45) is -0.177. The standard InChI is InChI=1S/C16H21ClN2O5/c1-4-10(2)18-16(22)19-14(20)9-23-15(21)11(3)24-13-7-5-12(17)6-8-13/h5-8,10-11H,4,9H2,1-3H3,(H2,18,19,20,22)/t10-,11-/m0/s1. The number of amides is 3. The van der Waals surface area contributed by atoms with E-state index in [4.69, 9.17) is 21.1 Å². The van der Waals surface area contributed by atoms with Gasteiger partial charge in [-0.2, -0.15) is 0 Å². The van der Waals surface area contributed by atoms with Crippen LogP contribution >= 0.6 is 11.6 Å². The fourth-order valence-electron chi connectivity index (χ4n) is 1.54. The Morgan fingerprint density at radius 1 is 1.17 bits per heavy atom. The average molecular weight is 357 g/mol. The maximum Gasteiger partial charge on any atom is 0.347 e. The summed E-state index contributed by atoms with van der Waals surface area (Å²) < 4.78 is 10.2. The summed E-state index contributed by atoms with van der Waals surface area (Å²) in [7, 11) is 0. The third kappa shape index (κ3) is 7.32. The van der Waals surface area contributed by atoms with Crippen molar-refractivity contribution in [2.75, 3.05) is 6.61 Å². The van der Waals surface area contributed by atoms with Gasteiger partial charge < -0.3 is 14.8 Å². The molecule has 1 aromatic rings. The van der Waals surface area contributed by atoms with Gasteiger partial charge in [-0.05, 0) is 44.5 Å². The number of hydrogen-bond donors (Lipinski definition) is 2. The lowest BCUT2D eigenvalue weighted by Gasteiger charge is -2.14. The van der Waals surface area contributed by atoms with E-state index in [0.717, 1.165) is 6.42 Å². The number of ether oxygens (including phenoxy) is 2. The van der Waals surface area contributed by atoms with Gasteiger partial charge in [0.25, 0.3) is 5.91 Å². The quantitative estimate of drug-likeness (QED) is 0.731. The molecule has 0 fully saturated rings. The fraction of sp³-hybridized carbons (Fsp3) is 0.438. The van der Waals surface area contributed by atoms with Gasteiger partial charge >= 0.3 is 12.0 Å². The number of imide groups is 1. The molecule has 0 radical (unpaired) electrons. The van der Waals surface area contributed by atoms with Gasteiger partial charge in [-0.3, -0.25) is 10.1 Å². The molecule has 2 atom stereocenters. The zero-order chi connectivity index (χ0) is 18.1. The van der Waals surface area contributed by atoms with E-state index >= 15 is 0 Å². The lowest BCUT2D eigenvalue weighted by atomic mass is 10.3. The first-order valence-corrected chi connectivity index (χ1v) is 7.88. The number of carbonyl (C=O) groups excluding carboxylic acids is 3. The molecule has 0 unspecified atom stereocenters. The van der Waals surface area contributed by atoms with Crippen molar-refractivity contribution in [2.24, 2.45) is 0 Å². The van der Waals surface area contributed by atoms with Gasteiger partial charge in [0, 0.05) is 11.1 Å². The normalized spacial score (nSPS) is 12.7. The highest BCUT2D eigenvalue weighted by Gasteiger charge is 2.18. The second-order valence-corrected chi connectivity index (χ2v) is 5.59. The van der Waals surface area contributed by atoms with Crippen LogP contribution in [0.3, 0.4) is 0 Å². The highest BCUT2D eigenvalue weighted by Crippen LogP contribution is 2.17. The van der Waals surface area contributed by atoms with Gasteiger partial charge in [0.05, 0.1) is 0 Å². The van der Waals surface area contributed by atoms with E-state index in [1.165, 1.54) is 6.92 Å². The van der Waals surface area contributed by atoms with Crippen molar-refractivity contribution >= 4 is 29.5 Å². The molecule has 132 valence electrons. The van der Waals surface area contributed by atoms with E-state index in [9.17, 15) is 14.4 Å². The number of halogens is 1. The van der Waals surface area contributed by atoms with Gasteiger partial charge in [0.1, 0.15) is 5.75 Å². The summed E-state index contributed by atoms with van der Waals surface area (Å²) in [4.78, 5) is 34.8. The van der Waals surface area contributed by atoms with Crippen LogP contribution in [0.1, 0.15) is 27.2 Å². The van der Waals surface area contributed by atoms with Crippen LogP contribution in [0.2, 0.25) is 5.02 Å². The number of urea groups is 1. The molecule has 0 heterocycles. The van der Waals surface area contributed by atoms with Crippen molar-refractivity contribution in [3.05, 3.63) is 29.3 Å². The zero-order valence-electron chi connectivity index (χ0n) is 13.8. The van der Waals surface area contributed by atoms with Crippen LogP contribution in [-0.2, 0) is 14.3 Å². The van der Waals surface area contributed by atoms with E-state index in [0.29, 0.717) is 10.8 Å². The van der Waals surface area contributed by atoms with Crippen molar-refractivity contribution in [3.8, 4) is 5.75 Å². The third-order valence-corrected chi connectivity index (χ3v) is 3.30. The first-order chi connectivity index (χ1) is 11.3. The first-order valence-electron chi connectivity index (χ1n) is 7.51. The smallest absolute Gasteiger partial charge is 0.347 e. The van der Waals surface area contributed by atoms with E-state index < -0.39 is 30.6 Å². The highest BCUT2D eigenvalue weighted by atomic mass is 35.5. The first kappa shape index (κ1) is 19.8. The van der Waals surface area contributed by atoms with E-state index in [1.54, 1.807) is 31.2 Å². The molecule has 2 N–H and O–H groups in total. The predicted molar refractivity (Wildman–Crippen MR) is 88.9 cm³/mol. The van der Waals surface area contributed by atoms with Gasteiger partial charge in [-0.1, -0.05) is 18.5 Å². The van der Waals surface area contributed by atoms with Crippen LogP contribution in [0.4, 0.5) is 4.79 Å². The molecule has 0 aliphatic carbocycles. The number of nitrogens with one attached hydrogen (secondary N) is 2. The Balaban J connectivity index is 2.35. The Morgan fingerprint density at radius 3 is 2.38 bits per heavy atom. The van der Waals surface area contributed by atoms with Crippen LogP contribution < -0.4 is 15.4 Å². The van der Waals surface area contributed by atoms with Crippen LogP contribution in [0.25, 0.3) is 0 Å². The summed E-state index contributed by atoms with van der Waals surface area (Å²) in [6.45, 7) is 4.63.